The van der Waals surface area contributed by atoms with Crippen LogP contribution in [0.2, 0.25) is 0 Å². The summed E-state index contributed by atoms with van der Waals surface area (Å²) < 4.78 is 0. The SMILES string of the molecule is CNCc1ccncc1N(C)Cc1ccccc1C. The van der Waals surface area contributed by atoms with E-state index in [0.717, 1.165) is 13.1 Å². The number of nitrogens with zero attached hydrogens (tertiary/aromatic N) is 2. The van der Waals surface area contributed by atoms with Crippen LogP contribution in [0.1, 0.15) is 16.7 Å². The highest BCUT2D eigenvalue weighted by Crippen LogP contribution is 2.20. The molecule has 1 heterocycles. The van der Waals surface area contributed by atoms with Gasteiger partial charge in [0.2, 0.25) is 0 Å². The number of pyridine rings is 1. The zero-order valence-electron chi connectivity index (χ0n) is 11.9. The quantitative estimate of drug-likeness (QED) is 0.890. The third-order valence-corrected chi connectivity index (χ3v) is 3.33. The summed E-state index contributed by atoms with van der Waals surface area (Å²) in [5.74, 6) is 0. The first-order valence-corrected chi connectivity index (χ1v) is 6.55. The van der Waals surface area contributed by atoms with Crippen LogP contribution in [0.4, 0.5) is 5.69 Å². The van der Waals surface area contributed by atoms with Gasteiger partial charge in [0.05, 0.1) is 11.9 Å². The van der Waals surface area contributed by atoms with E-state index in [4.69, 9.17) is 0 Å². The molecule has 3 heteroatoms. The first-order valence-electron chi connectivity index (χ1n) is 6.55. The molecule has 3 nitrogen and oxygen atoms in total. The Morgan fingerprint density at radius 2 is 1.95 bits per heavy atom. The Balaban J connectivity index is 2.20. The molecular weight excluding hydrogens is 234 g/mol. The Hall–Kier alpha value is -1.87. The van der Waals surface area contributed by atoms with Crippen LogP contribution in [-0.4, -0.2) is 19.1 Å². The van der Waals surface area contributed by atoms with Crippen molar-refractivity contribution in [2.24, 2.45) is 0 Å². The second-order valence-corrected chi connectivity index (χ2v) is 4.82. The van der Waals surface area contributed by atoms with E-state index in [1.54, 1.807) is 0 Å². The lowest BCUT2D eigenvalue weighted by atomic mass is 10.1. The Bertz CT molecular complexity index is 537. The number of hydrogen-bond acceptors (Lipinski definition) is 3. The molecule has 0 saturated carbocycles. The van der Waals surface area contributed by atoms with Gasteiger partial charge in [0, 0.05) is 26.3 Å². The molecule has 1 aromatic carbocycles. The van der Waals surface area contributed by atoms with Crippen molar-refractivity contribution < 1.29 is 0 Å². The maximum Gasteiger partial charge on any atom is 0.0598 e. The molecule has 2 aromatic rings. The zero-order valence-corrected chi connectivity index (χ0v) is 11.9. The topological polar surface area (TPSA) is 28.2 Å². The van der Waals surface area contributed by atoms with Gasteiger partial charge in [-0.15, -0.1) is 0 Å². The van der Waals surface area contributed by atoms with E-state index in [-0.39, 0.29) is 0 Å². The molecule has 100 valence electrons. The molecule has 1 N–H and O–H groups in total. The first kappa shape index (κ1) is 13.6. The summed E-state index contributed by atoms with van der Waals surface area (Å²) in [6, 6.07) is 10.6. The maximum absolute atomic E-state index is 4.24. The summed E-state index contributed by atoms with van der Waals surface area (Å²) in [5.41, 5.74) is 5.13. The van der Waals surface area contributed by atoms with E-state index in [1.165, 1.54) is 22.4 Å². The lowest BCUT2D eigenvalue weighted by Crippen LogP contribution is -2.20. The van der Waals surface area contributed by atoms with E-state index in [2.05, 4.69) is 59.5 Å². The first-order chi connectivity index (χ1) is 9.22. The molecule has 0 radical (unpaired) electrons. The van der Waals surface area contributed by atoms with Crippen LogP contribution in [-0.2, 0) is 13.1 Å². The van der Waals surface area contributed by atoms with Crippen molar-refractivity contribution >= 4 is 5.69 Å². The summed E-state index contributed by atoms with van der Waals surface area (Å²) in [6.45, 7) is 3.91. The maximum atomic E-state index is 4.24. The van der Waals surface area contributed by atoms with Crippen molar-refractivity contribution in [1.29, 1.82) is 0 Å². The zero-order chi connectivity index (χ0) is 13.7. The summed E-state index contributed by atoms with van der Waals surface area (Å²) in [5, 5.41) is 3.20. The minimum absolute atomic E-state index is 0.857. The van der Waals surface area contributed by atoms with Gasteiger partial charge >= 0.3 is 0 Å². The van der Waals surface area contributed by atoms with Gasteiger partial charge in [0.25, 0.3) is 0 Å². The van der Waals surface area contributed by atoms with Gasteiger partial charge in [0.1, 0.15) is 0 Å². The fourth-order valence-corrected chi connectivity index (χ4v) is 2.23. The predicted octanol–water partition coefficient (Wildman–Crippen LogP) is 2.75. The highest BCUT2D eigenvalue weighted by Gasteiger charge is 2.08. The highest BCUT2D eigenvalue weighted by molar-refractivity contribution is 5.51. The number of hydrogen-bond donors (Lipinski definition) is 1. The fraction of sp³-hybridized carbons (Fsp3) is 0.312. The third-order valence-electron chi connectivity index (χ3n) is 3.33. The lowest BCUT2D eigenvalue weighted by molar-refractivity contribution is 0.802. The van der Waals surface area contributed by atoms with Crippen LogP contribution < -0.4 is 10.2 Å². The number of anilines is 1. The van der Waals surface area contributed by atoms with Crippen LogP contribution in [0.25, 0.3) is 0 Å². The average Bonchev–Trinajstić information content (AvgIpc) is 2.42. The average molecular weight is 255 g/mol. The van der Waals surface area contributed by atoms with Crippen LogP contribution in [0.5, 0.6) is 0 Å². The molecule has 0 fully saturated rings. The molecular formula is C16H21N3. The van der Waals surface area contributed by atoms with Gasteiger partial charge in [-0.05, 0) is 36.7 Å². The van der Waals surface area contributed by atoms with E-state index in [0.29, 0.717) is 0 Å². The molecule has 0 spiro atoms. The van der Waals surface area contributed by atoms with Gasteiger partial charge in [-0.25, -0.2) is 0 Å². The summed E-state index contributed by atoms with van der Waals surface area (Å²) in [6.07, 6.45) is 3.78. The van der Waals surface area contributed by atoms with E-state index >= 15 is 0 Å². The van der Waals surface area contributed by atoms with Crippen LogP contribution in [0.3, 0.4) is 0 Å². The Morgan fingerprint density at radius 1 is 1.16 bits per heavy atom. The molecule has 0 unspecified atom stereocenters. The van der Waals surface area contributed by atoms with Crippen molar-refractivity contribution in [1.82, 2.24) is 10.3 Å². The molecule has 19 heavy (non-hydrogen) atoms. The Morgan fingerprint density at radius 3 is 2.68 bits per heavy atom. The summed E-state index contributed by atoms with van der Waals surface area (Å²) >= 11 is 0. The Kier molecular flexibility index (Phi) is 4.53. The minimum atomic E-state index is 0.857. The molecule has 1 aromatic heterocycles. The fourth-order valence-electron chi connectivity index (χ4n) is 2.23. The monoisotopic (exact) mass is 255 g/mol. The second kappa shape index (κ2) is 6.34. The number of nitrogens with one attached hydrogen (secondary N) is 1. The van der Waals surface area contributed by atoms with Crippen molar-refractivity contribution in [3.8, 4) is 0 Å². The Labute approximate surface area is 115 Å². The lowest BCUT2D eigenvalue weighted by Gasteiger charge is -2.23. The molecule has 0 aliphatic carbocycles. The molecule has 2 rings (SSSR count). The van der Waals surface area contributed by atoms with Gasteiger partial charge in [-0.3, -0.25) is 4.98 Å². The molecule has 0 bridgehead atoms. The number of aromatic nitrogens is 1. The molecule has 0 aliphatic heterocycles. The van der Waals surface area contributed by atoms with Crippen molar-refractivity contribution in [3.63, 3.8) is 0 Å². The van der Waals surface area contributed by atoms with Gasteiger partial charge in [-0.1, -0.05) is 24.3 Å². The summed E-state index contributed by atoms with van der Waals surface area (Å²) in [7, 11) is 4.08. The van der Waals surface area contributed by atoms with E-state index in [9.17, 15) is 0 Å². The van der Waals surface area contributed by atoms with Crippen molar-refractivity contribution in [3.05, 3.63) is 59.4 Å². The van der Waals surface area contributed by atoms with Gasteiger partial charge in [-0.2, -0.15) is 0 Å². The van der Waals surface area contributed by atoms with E-state index in [1.807, 2.05) is 19.4 Å². The largest absolute Gasteiger partial charge is 0.369 e. The van der Waals surface area contributed by atoms with Gasteiger partial charge in [0.15, 0.2) is 0 Å². The standard InChI is InChI=1S/C16H21N3/c1-13-6-4-5-7-15(13)12-19(3)16-11-18-9-8-14(16)10-17-2/h4-9,11,17H,10,12H2,1-3H3. The number of benzene rings is 1. The summed E-state index contributed by atoms with van der Waals surface area (Å²) in [4.78, 5) is 6.50. The number of rotatable bonds is 5. The van der Waals surface area contributed by atoms with E-state index < -0.39 is 0 Å². The van der Waals surface area contributed by atoms with Crippen LogP contribution in [0.15, 0.2) is 42.7 Å². The second-order valence-electron chi connectivity index (χ2n) is 4.82. The molecule has 0 atom stereocenters. The molecule has 0 amide bonds. The van der Waals surface area contributed by atoms with Crippen LogP contribution >= 0.6 is 0 Å². The third kappa shape index (κ3) is 3.32. The van der Waals surface area contributed by atoms with Crippen LogP contribution in [0, 0.1) is 6.92 Å². The smallest absolute Gasteiger partial charge is 0.0598 e. The molecule has 0 aliphatic rings. The van der Waals surface area contributed by atoms with Crippen molar-refractivity contribution in [2.75, 3.05) is 19.0 Å². The minimum Gasteiger partial charge on any atom is -0.369 e. The van der Waals surface area contributed by atoms with Gasteiger partial charge < -0.3 is 10.2 Å². The van der Waals surface area contributed by atoms with Crippen molar-refractivity contribution in [2.45, 2.75) is 20.0 Å². The molecule has 0 saturated heterocycles. The number of aryl methyl sites for hydroxylation is 1. The predicted molar refractivity (Wildman–Crippen MR) is 80.3 cm³/mol. The highest BCUT2D eigenvalue weighted by atomic mass is 15.1. The normalized spacial score (nSPS) is 10.5.